The summed E-state index contributed by atoms with van der Waals surface area (Å²) in [5, 5.41) is 11.8. The van der Waals surface area contributed by atoms with Gasteiger partial charge in [0.2, 0.25) is 5.91 Å². The largest absolute Gasteiger partial charge is 0.497 e. The van der Waals surface area contributed by atoms with Gasteiger partial charge in [-0.1, -0.05) is 6.07 Å². The van der Waals surface area contributed by atoms with Gasteiger partial charge in [0.1, 0.15) is 17.4 Å². The number of furan rings is 1. The summed E-state index contributed by atoms with van der Waals surface area (Å²) in [5.41, 5.74) is 0.592. The number of nitrogens with one attached hydrogen (secondary N) is 1. The summed E-state index contributed by atoms with van der Waals surface area (Å²) < 4.78 is 10.2. The Morgan fingerprint density at radius 1 is 1.45 bits per heavy atom. The van der Waals surface area contributed by atoms with E-state index in [9.17, 15) is 4.79 Å². The van der Waals surface area contributed by atoms with Crippen LogP contribution in [-0.4, -0.2) is 13.0 Å². The molecule has 0 aliphatic carbocycles. The van der Waals surface area contributed by atoms with Crippen molar-refractivity contribution in [3.05, 3.63) is 48.4 Å². The summed E-state index contributed by atoms with van der Waals surface area (Å²) in [6.07, 6.45) is 1.77. The Bertz CT molecular complexity index is 614. The van der Waals surface area contributed by atoms with E-state index in [1.165, 1.54) is 6.26 Å². The monoisotopic (exact) mass is 270 g/mol. The standard InChI is InChI=1S/C15H14N2O3/c1-19-13-5-2-4-12(9-13)17-15(18)11(10-16)8-14-6-3-7-20-14/h2-7,9,11H,8H2,1H3,(H,17,18). The fraction of sp³-hybridized carbons (Fsp3) is 0.200. The van der Waals surface area contributed by atoms with E-state index in [-0.39, 0.29) is 12.3 Å². The van der Waals surface area contributed by atoms with E-state index < -0.39 is 5.92 Å². The molecule has 0 aliphatic rings. The Morgan fingerprint density at radius 2 is 2.30 bits per heavy atom. The fourth-order valence-corrected chi connectivity index (χ4v) is 1.76. The van der Waals surface area contributed by atoms with Crippen LogP contribution in [0.1, 0.15) is 5.76 Å². The molecule has 2 rings (SSSR count). The maximum atomic E-state index is 12.1. The number of nitrogens with zero attached hydrogens (tertiary/aromatic N) is 1. The molecule has 0 spiro atoms. The van der Waals surface area contributed by atoms with E-state index in [0.29, 0.717) is 17.2 Å². The minimum atomic E-state index is -0.799. The Hall–Kier alpha value is -2.74. The van der Waals surface area contributed by atoms with Crippen molar-refractivity contribution < 1.29 is 13.9 Å². The lowest BCUT2D eigenvalue weighted by Crippen LogP contribution is -2.23. The highest BCUT2D eigenvalue weighted by molar-refractivity contribution is 5.94. The summed E-state index contributed by atoms with van der Waals surface area (Å²) >= 11 is 0. The molecule has 0 saturated heterocycles. The molecule has 5 heteroatoms. The fourth-order valence-electron chi connectivity index (χ4n) is 1.76. The molecule has 0 bridgehead atoms. The lowest BCUT2D eigenvalue weighted by molar-refractivity contribution is -0.118. The number of rotatable bonds is 5. The van der Waals surface area contributed by atoms with Crippen LogP contribution in [-0.2, 0) is 11.2 Å². The normalized spacial score (nSPS) is 11.4. The predicted molar refractivity (Wildman–Crippen MR) is 73.1 cm³/mol. The molecule has 0 saturated carbocycles. The molecule has 102 valence electrons. The van der Waals surface area contributed by atoms with E-state index in [4.69, 9.17) is 14.4 Å². The molecule has 1 amide bonds. The number of carbonyl (C=O) groups excluding carboxylic acids is 1. The second-order valence-corrected chi connectivity index (χ2v) is 4.19. The molecule has 0 aliphatic heterocycles. The van der Waals surface area contributed by atoms with Gasteiger partial charge < -0.3 is 14.5 Å². The second kappa shape index (κ2) is 6.43. The van der Waals surface area contributed by atoms with Gasteiger partial charge in [-0.2, -0.15) is 5.26 Å². The van der Waals surface area contributed by atoms with Gasteiger partial charge in [0.05, 0.1) is 19.4 Å². The lowest BCUT2D eigenvalue weighted by atomic mass is 10.0. The van der Waals surface area contributed by atoms with Crippen LogP contribution in [0.2, 0.25) is 0 Å². The second-order valence-electron chi connectivity index (χ2n) is 4.19. The number of carbonyl (C=O) groups is 1. The minimum absolute atomic E-state index is 0.249. The molecule has 1 heterocycles. The van der Waals surface area contributed by atoms with E-state index in [0.717, 1.165) is 0 Å². The molecule has 1 N–H and O–H groups in total. The van der Waals surface area contributed by atoms with E-state index in [2.05, 4.69) is 5.32 Å². The summed E-state index contributed by atoms with van der Waals surface area (Å²) in [6, 6.07) is 12.4. The Labute approximate surface area is 116 Å². The zero-order chi connectivity index (χ0) is 14.4. The maximum Gasteiger partial charge on any atom is 0.242 e. The van der Waals surface area contributed by atoms with Gasteiger partial charge in [0.25, 0.3) is 0 Å². The zero-order valence-electron chi connectivity index (χ0n) is 11.0. The maximum absolute atomic E-state index is 12.1. The van der Waals surface area contributed by atoms with Crippen LogP contribution in [0.15, 0.2) is 47.1 Å². The van der Waals surface area contributed by atoms with Gasteiger partial charge in [-0.15, -0.1) is 0 Å². The highest BCUT2D eigenvalue weighted by atomic mass is 16.5. The molecule has 2 aromatic rings. The summed E-state index contributed by atoms with van der Waals surface area (Å²) in [4.78, 5) is 12.1. The number of methoxy groups -OCH3 is 1. The molecule has 5 nitrogen and oxygen atoms in total. The SMILES string of the molecule is COc1cccc(NC(=O)C(C#N)Cc2ccco2)c1. The molecular formula is C15H14N2O3. The first-order valence-electron chi connectivity index (χ1n) is 6.10. The first-order valence-corrected chi connectivity index (χ1v) is 6.10. The number of amides is 1. The van der Waals surface area contributed by atoms with Crippen LogP contribution in [0.5, 0.6) is 5.75 Å². The molecule has 0 fully saturated rings. The Morgan fingerprint density at radius 3 is 2.95 bits per heavy atom. The first-order chi connectivity index (χ1) is 9.72. The average Bonchev–Trinajstić information content (AvgIpc) is 2.97. The van der Waals surface area contributed by atoms with Crippen molar-refractivity contribution in [2.75, 3.05) is 12.4 Å². The third kappa shape index (κ3) is 3.39. The summed E-state index contributed by atoms with van der Waals surface area (Å²) in [7, 11) is 1.55. The van der Waals surface area contributed by atoms with Crippen LogP contribution in [0.25, 0.3) is 0 Å². The number of benzene rings is 1. The van der Waals surface area contributed by atoms with E-state index >= 15 is 0 Å². The van der Waals surface area contributed by atoms with Gasteiger partial charge in [-0.3, -0.25) is 4.79 Å². The van der Waals surface area contributed by atoms with Crippen LogP contribution in [0.3, 0.4) is 0 Å². The molecular weight excluding hydrogens is 256 g/mol. The quantitative estimate of drug-likeness (QED) is 0.906. The van der Waals surface area contributed by atoms with Crippen molar-refractivity contribution in [2.45, 2.75) is 6.42 Å². The van der Waals surface area contributed by atoms with Crippen molar-refractivity contribution in [3.63, 3.8) is 0 Å². The third-order valence-electron chi connectivity index (χ3n) is 2.80. The summed E-state index contributed by atoms with van der Waals surface area (Å²) in [6.45, 7) is 0. The predicted octanol–water partition coefficient (Wildman–Crippen LogP) is 2.61. The molecule has 20 heavy (non-hydrogen) atoms. The molecule has 1 atom stereocenters. The van der Waals surface area contributed by atoms with Crippen molar-refractivity contribution in [1.82, 2.24) is 0 Å². The van der Waals surface area contributed by atoms with Gasteiger partial charge in [0.15, 0.2) is 0 Å². The third-order valence-corrected chi connectivity index (χ3v) is 2.80. The Balaban J connectivity index is 2.03. The number of hydrogen-bond donors (Lipinski definition) is 1. The van der Waals surface area contributed by atoms with Gasteiger partial charge in [-0.05, 0) is 24.3 Å². The van der Waals surface area contributed by atoms with Crippen LogP contribution >= 0.6 is 0 Å². The first kappa shape index (κ1) is 13.7. The minimum Gasteiger partial charge on any atom is -0.497 e. The lowest BCUT2D eigenvalue weighted by Gasteiger charge is -2.10. The molecule has 1 unspecified atom stereocenters. The van der Waals surface area contributed by atoms with Crippen LogP contribution in [0, 0.1) is 17.2 Å². The van der Waals surface area contributed by atoms with Crippen molar-refractivity contribution >= 4 is 11.6 Å². The van der Waals surface area contributed by atoms with Crippen molar-refractivity contribution in [2.24, 2.45) is 5.92 Å². The van der Waals surface area contributed by atoms with Gasteiger partial charge >= 0.3 is 0 Å². The molecule has 1 aromatic carbocycles. The molecule has 0 radical (unpaired) electrons. The Kier molecular flexibility index (Phi) is 4.40. The van der Waals surface area contributed by atoms with E-state index in [1.54, 1.807) is 43.5 Å². The van der Waals surface area contributed by atoms with Gasteiger partial charge in [0, 0.05) is 18.2 Å². The van der Waals surface area contributed by atoms with Crippen LogP contribution in [0.4, 0.5) is 5.69 Å². The van der Waals surface area contributed by atoms with Gasteiger partial charge in [-0.25, -0.2) is 0 Å². The highest BCUT2D eigenvalue weighted by Crippen LogP contribution is 2.18. The topological polar surface area (TPSA) is 75.3 Å². The number of ether oxygens (including phenoxy) is 1. The van der Waals surface area contributed by atoms with E-state index in [1.807, 2.05) is 6.07 Å². The smallest absolute Gasteiger partial charge is 0.242 e. The van der Waals surface area contributed by atoms with Crippen molar-refractivity contribution in [3.8, 4) is 11.8 Å². The van der Waals surface area contributed by atoms with Crippen LogP contribution < -0.4 is 10.1 Å². The number of hydrogen-bond acceptors (Lipinski definition) is 4. The zero-order valence-corrected chi connectivity index (χ0v) is 11.0. The highest BCUT2D eigenvalue weighted by Gasteiger charge is 2.20. The summed E-state index contributed by atoms with van der Waals surface area (Å²) in [5.74, 6) is 0.0872. The van der Waals surface area contributed by atoms with Crippen molar-refractivity contribution in [1.29, 1.82) is 5.26 Å². The number of nitriles is 1. The average molecular weight is 270 g/mol. The molecule has 1 aromatic heterocycles. The number of anilines is 1.